The zero-order chi connectivity index (χ0) is 33.2. The smallest absolute Gasteiger partial charge is 0.485 e. The van der Waals surface area contributed by atoms with E-state index < -0.39 is 24.2 Å². The Morgan fingerprint density at radius 3 is 2.70 bits per heavy atom. The molecule has 16 heteroatoms. The molecular formula is C30H27B3ClFN6O5. The summed E-state index contributed by atoms with van der Waals surface area (Å²) in [7, 11) is 13.6. The highest BCUT2D eigenvalue weighted by molar-refractivity contribution is 6.58. The third kappa shape index (κ3) is 6.52. The number of aliphatic imine (C=N–C) groups is 1. The first-order valence-corrected chi connectivity index (χ1v) is 14.4. The number of amides is 1. The lowest BCUT2D eigenvalue weighted by Gasteiger charge is -2.31. The standard InChI is InChI=1S/C30H27B3ClFN6O5/c1-3-41-26-17-11-23(28(38-12-17)39-29(42)46-14-16-4-6-19(7-5-16)33(43)44)45-15-18-10-20(35)8-9-21(18)25(36)22(13-37-2)30(31,32)24(26)27(34)40-41/h4-13,43-44H,3,14-15,36H2,1-2H3,(H,38,39,42)/b25-22+,37-13?. The molecule has 230 valence electrons. The van der Waals surface area contributed by atoms with Gasteiger partial charge < -0.3 is 25.3 Å². The van der Waals surface area contributed by atoms with Crippen LogP contribution < -0.4 is 21.3 Å². The molecule has 0 unspecified atom stereocenters. The predicted octanol–water partition coefficient (Wildman–Crippen LogP) is 2.64. The number of hydrogen-bond donors (Lipinski definition) is 4. The number of carbonyl (C=O) groups excluding carboxylic acids is 1. The number of pyridine rings is 1. The summed E-state index contributed by atoms with van der Waals surface area (Å²) in [5.41, 5.74) is 9.73. The number of anilines is 1. The lowest BCUT2D eigenvalue weighted by Crippen LogP contribution is -2.33. The number of nitrogens with zero attached hydrogens (tertiary/aromatic N) is 4. The van der Waals surface area contributed by atoms with Crippen molar-refractivity contribution in [1.29, 1.82) is 0 Å². The highest BCUT2D eigenvalue weighted by Crippen LogP contribution is 2.42. The molecule has 4 aromatic rings. The van der Waals surface area contributed by atoms with E-state index in [0.717, 1.165) is 0 Å². The van der Waals surface area contributed by atoms with Crippen molar-refractivity contribution < 1.29 is 28.7 Å². The van der Waals surface area contributed by atoms with Crippen LogP contribution in [0.5, 0.6) is 5.75 Å². The SMILES string of the molecule is [B]C1([B])/C(C=NC)=C(/N)c2ccc(F)cc2COc2cc(cnc2NC(=O)OCc2ccc(B(O)O)cc2)-c2c1c(Cl)nn2CC. The van der Waals surface area contributed by atoms with Crippen molar-refractivity contribution in [2.45, 2.75) is 31.9 Å². The van der Waals surface area contributed by atoms with Crippen LogP contribution >= 0.6 is 11.6 Å². The van der Waals surface area contributed by atoms with E-state index in [2.05, 4.69) is 20.4 Å². The Labute approximate surface area is 272 Å². The van der Waals surface area contributed by atoms with Crippen molar-refractivity contribution in [3.8, 4) is 17.0 Å². The van der Waals surface area contributed by atoms with Gasteiger partial charge >= 0.3 is 13.2 Å². The molecule has 5 rings (SSSR count). The van der Waals surface area contributed by atoms with Crippen LogP contribution in [0.3, 0.4) is 0 Å². The van der Waals surface area contributed by atoms with Crippen molar-refractivity contribution in [1.82, 2.24) is 14.8 Å². The summed E-state index contributed by atoms with van der Waals surface area (Å²) in [5.74, 6) is -0.425. The first-order valence-electron chi connectivity index (χ1n) is 14.0. The monoisotopic (exact) mass is 638 g/mol. The summed E-state index contributed by atoms with van der Waals surface area (Å²) in [6.07, 6.45) is 2.04. The van der Waals surface area contributed by atoms with E-state index in [1.165, 1.54) is 49.8 Å². The number of allylic oxidation sites excluding steroid dienone is 1. The van der Waals surface area contributed by atoms with Gasteiger partial charge in [0.1, 0.15) is 19.0 Å². The maximum Gasteiger partial charge on any atom is 0.488 e. The van der Waals surface area contributed by atoms with E-state index in [1.807, 2.05) is 6.92 Å². The minimum atomic E-state index is -1.83. The number of halogens is 2. The maximum atomic E-state index is 14.5. The van der Waals surface area contributed by atoms with Crippen LogP contribution in [0, 0.1) is 5.82 Å². The lowest BCUT2D eigenvalue weighted by molar-refractivity contribution is 0.155. The average molecular weight is 638 g/mol. The molecule has 0 spiro atoms. The number of nitrogens with two attached hydrogens (primary N) is 1. The van der Waals surface area contributed by atoms with E-state index in [-0.39, 0.29) is 46.8 Å². The quantitative estimate of drug-likeness (QED) is 0.186. The van der Waals surface area contributed by atoms with Gasteiger partial charge in [-0.15, -0.1) is 0 Å². The minimum Gasteiger partial charge on any atom is -0.485 e. The molecule has 0 aliphatic carbocycles. The maximum absolute atomic E-state index is 14.5. The second-order valence-electron chi connectivity index (χ2n) is 10.4. The number of fused-ring (bicyclic) bond motifs is 5. The summed E-state index contributed by atoms with van der Waals surface area (Å²) in [6, 6.07) is 11.8. The van der Waals surface area contributed by atoms with Gasteiger partial charge in [-0.2, -0.15) is 5.10 Å². The first kappa shape index (κ1) is 32.8. The number of benzene rings is 2. The fourth-order valence-corrected chi connectivity index (χ4v) is 5.41. The molecule has 0 atom stereocenters. The van der Waals surface area contributed by atoms with E-state index in [9.17, 15) is 19.2 Å². The Balaban J connectivity index is 1.59. The number of hydrogen-bond acceptors (Lipinski definition) is 9. The average Bonchev–Trinajstić information content (AvgIpc) is 3.38. The van der Waals surface area contributed by atoms with Crippen LogP contribution in [0.25, 0.3) is 17.0 Å². The predicted molar refractivity (Wildman–Crippen MR) is 176 cm³/mol. The van der Waals surface area contributed by atoms with E-state index in [1.54, 1.807) is 22.9 Å². The van der Waals surface area contributed by atoms with Gasteiger partial charge in [-0.3, -0.25) is 15.0 Å². The highest BCUT2D eigenvalue weighted by Gasteiger charge is 2.35. The second-order valence-corrected chi connectivity index (χ2v) is 10.7. The second kappa shape index (κ2) is 13.4. The Kier molecular flexibility index (Phi) is 9.56. The van der Waals surface area contributed by atoms with Crippen LogP contribution in [0.1, 0.15) is 29.2 Å². The molecule has 1 aliphatic heterocycles. The van der Waals surface area contributed by atoms with Crippen LogP contribution in [0.4, 0.5) is 15.0 Å². The van der Waals surface area contributed by atoms with Gasteiger partial charge in [0.2, 0.25) is 0 Å². The molecule has 1 amide bonds. The van der Waals surface area contributed by atoms with Crippen molar-refractivity contribution in [3.63, 3.8) is 0 Å². The van der Waals surface area contributed by atoms with E-state index in [4.69, 9.17) is 42.5 Å². The normalized spacial score (nSPS) is 15.6. The van der Waals surface area contributed by atoms with Crippen LogP contribution in [-0.4, -0.2) is 67.0 Å². The lowest BCUT2D eigenvalue weighted by atomic mass is 9.47. The van der Waals surface area contributed by atoms with Crippen molar-refractivity contribution in [3.05, 3.63) is 93.5 Å². The minimum absolute atomic E-state index is 0.00630. The summed E-state index contributed by atoms with van der Waals surface area (Å²) >= 11 is 6.67. The van der Waals surface area contributed by atoms with Crippen LogP contribution in [0.2, 0.25) is 5.15 Å². The summed E-state index contributed by atoms with van der Waals surface area (Å²) in [4.78, 5) is 21.4. The molecule has 2 bridgehead atoms. The van der Waals surface area contributed by atoms with Gasteiger partial charge in [-0.25, -0.2) is 14.2 Å². The van der Waals surface area contributed by atoms with Crippen molar-refractivity contribution in [2.24, 2.45) is 10.7 Å². The third-order valence-electron chi connectivity index (χ3n) is 7.35. The van der Waals surface area contributed by atoms with Gasteiger partial charge in [0.15, 0.2) is 16.7 Å². The molecule has 0 saturated carbocycles. The molecule has 2 aromatic heterocycles. The number of aryl methyl sites for hydroxylation is 1. The Bertz CT molecular complexity index is 1850. The van der Waals surface area contributed by atoms with Gasteiger partial charge in [0.25, 0.3) is 0 Å². The fraction of sp³-hybridized carbons (Fsp3) is 0.200. The molecule has 1 aliphatic rings. The third-order valence-corrected chi connectivity index (χ3v) is 7.62. The fourth-order valence-electron chi connectivity index (χ4n) is 5.08. The van der Waals surface area contributed by atoms with Crippen molar-refractivity contribution in [2.75, 3.05) is 12.4 Å². The number of nitrogens with one attached hydrogen (secondary N) is 1. The molecule has 0 fully saturated rings. The van der Waals surface area contributed by atoms with Gasteiger partial charge in [0, 0.05) is 54.0 Å². The summed E-state index contributed by atoms with van der Waals surface area (Å²) < 4.78 is 27.6. The number of ether oxygens (including phenoxy) is 2. The molecule has 11 nitrogen and oxygen atoms in total. The first-order chi connectivity index (χ1) is 21.9. The Hall–Kier alpha value is -4.59. The number of carbonyl (C=O) groups is 1. The van der Waals surface area contributed by atoms with E-state index >= 15 is 0 Å². The summed E-state index contributed by atoms with van der Waals surface area (Å²) in [6.45, 7) is 1.93. The van der Waals surface area contributed by atoms with Crippen LogP contribution in [-0.2, 0) is 29.7 Å². The molecule has 5 N–H and O–H groups in total. The van der Waals surface area contributed by atoms with E-state index in [0.29, 0.717) is 40.0 Å². The van der Waals surface area contributed by atoms with Crippen molar-refractivity contribution >= 4 is 63.7 Å². The zero-order valence-corrected chi connectivity index (χ0v) is 25.6. The molecule has 3 heterocycles. The van der Waals surface area contributed by atoms with Gasteiger partial charge in [0.05, 0.1) is 21.4 Å². The zero-order valence-electron chi connectivity index (χ0n) is 24.9. The molecule has 4 radical (unpaired) electrons. The number of rotatable bonds is 6. The molecule has 0 saturated heterocycles. The van der Waals surface area contributed by atoms with Gasteiger partial charge in [-0.05, 0) is 53.0 Å². The largest absolute Gasteiger partial charge is 0.488 e. The Morgan fingerprint density at radius 1 is 1.28 bits per heavy atom. The molecule has 2 aromatic carbocycles. The van der Waals surface area contributed by atoms with Crippen LogP contribution in [0.15, 0.2) is 65.3 Å². The number of aromatic nitrogens is 3. The molecule has 46 heavy (non-hydrogen) atoms. The summed E-state index contributed by atoms with van der Waals surface area (Å²) in [5, 5.41) is 23.8. The highest BCUT2D eigenvalue weighted by atomic mass is 35.5. The Morgan fingerprint density at radius 2 is 2.02 bits per heavy atom. The topological polar surface area (TPSA) is 157 Å². The molecular weight excluding hydrogens is 611 g/mol. The van der Waals surface area contributed by atoms with Gasteiger partial charge in [-0.1, -0.05) is 35.9 Å².